The zero-order valence-electron chi connectivity index (χ0n) is 69.8. The highest BCUT2D eigenvalue weighted by Crippen LogP contribution is 2.76. The molecule has 14 rings (SSSR count). The number of rotatable bonds is 22. The summed E-state index contributed by atoms with van der Waals surface area (Å²) in [6, 6.07) is 0. The lowest BCUT2D eigenvalue weighted by molar-refractivity contribution is -0.392. The van der Waals surface area contributed by atoms with Crippen molar-refractivity contribution in [2.75, 3.05) is 39.6 Å². The molecule has 4 saturated carbocycles. The lowest BCUT2D eigenvalue weighted by Gasteiger charge is -2.71. The lowest BCUT2D eigenvalue weighted by atomic mass is 9.33. The number of carboxylic acids is 1. The topological polar surface area (TPSA) is 683 Å². The van der Waals surface area contributed by atoms with Crippen LogP contribution in [0.5, 0.6) is 0 Å². The van der Waals surface area contributed by atoms with E-state index in [9.17, 15) is 127 Å². The number of allylic oxidation sites excluding steroid dienone is 2. The number of aliphatic carboxylic acids is 1. The van der Waals surface area contributed by atoms with Crippen molar-refractivity contribution in [1.82, 2.24) is 0 Å². The summed E-state index contributed by atoms with van der Waals surface area (Å²) in [6.07, 6.45) is -70.5. The molecule has 124 heavy (non-hydrogen) atoms. The fraction of sp³-hybridized carbons (Fsp3) is 0.938. The maximum atomic E-state index is 16.2. The molecule has 13 fully saturated rings. The van der Waals surface area contributed by atoms with Gasteiger partial charge in [-0.05, 0) is 117 Å². The predicted octanol–water partition coefficient (Wildman–Crippen LogP) is -9.03. The summed E-state index contributed by atoms with van der Waals surface area (Å²) in [6.45, 7) is 11.1. The Labute approximate surface area is 712 Å². The van der Waals surface area contributed by atoms with Crippen LogP contribution < -0.4 is 0 Å². The standard InChI is InChI=1S/C80H126O44/c1-27-40(88)59(119-66-48(96)42(90)32(85)23-108-66)54(102)71(111-27)116-56-28(2)112-73(61(52(56)100)121-68-53(101)57(34(87)25-110-68)117-65-47(95)41(89)31(84)22-107-65)124-74(106)80-17-15-75(3,4)19-30(80)29-9-10-38-76(5)13-12-39(77(6,26-83)37(76)11-14-79(38,8)78(29,7)16-18-80)115-72-55(103)60(120-67-49(97)43(91)33(86)24-109-67)62(63(123-72)64(104)105)122-70-51(99)46(94)58(36(21-82)114-70)118-69-50(98)45(93)44(92)35(20-81)113-69/h9,26-28,30-63,65-73,81-82,84-103H,10-25H2,1-8H3,(H,104,105). The Balaban J connectivity index is 0.710. The highest BCUT2D eigenvalue weighted by Gasteiger charge is 2.72. The van der Waals surface area contributed by atoms with Crippen LogP contribution in [0.3, 0.4) is 0 Å². The first kappa shape index (κ1) is 96.8. The van der Waals surface area contributed by atoms with Crippen LogP contribution in [-0.4, -0.2) is 433 Å². The third kappa shape index (κ3) is 17.3. The van der Waals surface area contributed by atoms with Crippen molar-refractivity contribution in [1.29, 1.82) is 0 Å². The first-order valence-electron chi connectivity index (χ1n) is 42.8. The Morgan fingerprint density at radius 2 is 0.879 bits per heavy atom. The molecule has 14 aliphatic rings. The molecule has 5 aliphatic carbocycles. The van der Waals surface area contributed by atoms with Crippen LogP contribution >= 0.6 is 0 Å². The van der Waals surface area contributed by atoms with Crippen LogP contribution in [0, 0.1) is 50.2 Å². The Kier molecular flexibility index (Phi) is 29.2. The molecule has 50 atom stereocenters. The van der Waals surface area contributed by atoms with E-state index in [0.717, 1.165) is 11.9 Å². The van der Waals surface area contributed by atoms with Crippen molar-refractivity contribution >= 4 is 18.2 Å². The molecule has 0 radical (unpaired) electrons. The second-order valence-electron chi connectivity index (χ2n) is 38.2. The average molecular weight is 1790 g/mol. The maximum absolute atomic E-state index is 16.2. The largest absolute Gasteiger partial charge is 0.479 e. The zero-order valence-corrected chi connectivity index (χ0v) is 69.8. The highest BCUT2D eigenvalue weighted by molar-refractivity contribution is 5.79. The Bertz CT molecular complexity index is 3660. The number of fused-ring (bicyclic) bond motifs is 7. The molecule has 9 aliphatic heterocycles. The Morgan fingerprint density at radius 3 is 1.46 bits per heavy atom. The molecule has 0 amide bonds. The van der Waals surface area contributed by atoms with Crippen LogP contribution in [0.4, 0.5) is 0 Å². The van der Waals surface area contributed by atoms with Crippen molar-refractivity contribution in [3.05, 3.63) is 11.6 Å². The minimum atomic E-state index is -2.31. The predicted molar refractivity (Wildman–Crippen MR) is 400 cm³/mol. The second-order valence-corrected chi connectivity index (χ2v) is 38.2. The number of hydrogen-bond acceptors (Lipinski definition) is 43. The van der Waals surface area contributed by atoms with Gasteiger partial charge in [0.1, 0.15) is 177 Å². The van der Waals surface area contributed by atoms with Gasteiger partial charge in [0.2, 0.25) is 6.29 Å². The summed E-state index contributed by atoms with van der Waals surface area (Å²) in [5, 5.41) is 254. The van der Waals surface area contributed by atoms with Crippen molar-refractivity contribution in [3.63, 3.8) is 0 Å². The number of carboxylic acid groups (broad SMARTS) is 1. The van der Waals surface area contributed by atoms with Crippen LogP contribution in [0.15, 0.2) is 11.6 Å². The van der Waals surface area contributed by atoms with Gasteiger partial charge in [-0.1, -0.05) is 53.2 Å². The Morgan fingerprint density at radius 1 is 0.411 bits per heavy atom. The molecule has 44 heteroatoms. The Hall–Kier alpha value is -3.21. The molecule has 0 bridgehead atoms. The van der Waals surface area contributed by atoms with Crippen molar-refractivity contribution in [2.45, 2.75) is 378 Å². The van der Waals surface area contributed by atoms with E-state index in [1.807, 2.05) is 0 Å². The van der Waals surface area contributed by atoms with Gasteiger partial charge in [-0.25, -0.2) is 4.79 Å². The molecule has 23 N–H and O–H groups in total. The summed E-state index contributed by atoms with van der Waals surface area (Å²) in [7, 11) is 0. The van der Waals surface area contributed by atoms with E-state index in [1.165, 1.54) is 13.8 Å². The van der Waals surface area contributed by atoms with Gasteiger partial charge in [-0.2, -0.15) is 0 Å². The third-order valence-electron chi connectivity index (χ3n) is 30.3. The summed E-state index contributed by atoms with van der Waals surface area (Å²) in [5.41, 5.74) is -4.02. The van der Waals surface area contributed by atoms with E-state index < -0.39 is 349 Å². The number of aliphatic hydroxyl groups excluding tert-OH is 22. The van der Waals surface area contributed by atoms with Crippen LogP contribution in [0.25, 0.3) is 0 Å². The molecule has 0 aromatic carbocycles. The van der Waals surface area contributed by atoms with Gasteiger partial charge in [0, 0.05) is 0 Å². The van der Waals surface area contributed by atoms with E-state index >= 15 is 4.79 Å². The average Bonchev–Trinajstić information content (AvgIpc) is 0.672. The molecule has 0 spiro atoms. The van der Waals surface area contributed by atoms with Crippen LogP contribution in [0.2, 0.25) is 0 Å². The first-order valence-corrected chi connectivity index (χ1v) is 42.8. The van der Waals surface area contributed by atoms with E-state index in [4.69, 9.17) is 85.3 Å². The van der Waals surface area contributed by atoms with Crippen LogP contribution in [0.1, 0.15) is 120 Å². The molecule has 0 aromatic heterocycles. The number of carbonyl (C=O) groups is 3. The molecular formula is C80H126O44. The normalized spacial score (nSPS) is 54.8. The smallest absolute Gasteiger partial charge is 0.335 e. The van der Waals surface area contributed by atoms with Gasteiger partial charge in [-0.15, -0.1) is 0 Å². The quantitative estimate of drug-likeness (QED) is 0.0207. The van der Waals surface area contributed by atoms with Crippen LogP contribution in [-0.2, 0) is 99.6 Å². The van der Waals surface area contributed by atoms with Gasteiger partial charge in [-0.3, -0.25) is 4.79 Å². The number of aldehydes is 1. The van der Waals surface area contributed by atoms with Gasteiger partial charge < -0.3 is 208 Å². The van der Waals surface area contributed by atoms with Gasteiger partial charge in [0.05, 0.1) is 68.8 Å². The number of aliphatic hydroxyl groups is 22. The van der Waals surface area contributed by atoms with Gasteiger partial charge in [0.25, 0.3) is 0 Å². The summed E-state index contributed by atoms with van der Waals surface area (Å²) in [4.78, 5) is 44.2. The van der Waals surface area contributed by atoms with Crippen molar-refractivity contribution in [3.8, 4) is 0 Å². The molecule has 710 valence electrons. The summed E-state index contributed by atoms with van der Waals surface area (Å²) < 4.78 is 108. The van der Waals surface area contributed by atoms with E-state index in [2.05, 4.69) is 40.7 Å². The van der Waals surface area contributed by atoms with Crippen molar-refractivity contribution in [2.24, 2.45) is 50.2 Å². The number of ether oxygens (including phenoxy) is 18. The first-order chi connectivity index (χ1) is 58.3. The molecular weight excluding hydrogens is 1660 g/mol. The van der Waals surface area contributed by atoms with Gasteiger partial charge >= 0.3 is 11.9 Å². The monoisotopic (exact) mass is 1790 g/mol. The van der Waals surface area contributed by atoms with E-state index in [1.54, 1.807) is 6.92 Å². The van der Waals surface area contributed by atoms with E-state index in [-0.39, 0.29) is 24.2 Å². The number of hydrogen-bond donors (Lipinski definition) is 23. The fourth-order valence-corrected chi connectivity index (χ4v) is 22.6. The zero-order chi connectivity index (χ0) is 90.2. The lowest BCUT2D eigenvalue weighted by Crippen LogP contribution is -2.69. The highest BCUT2D eigenvalue weighted by atomic mass is 16.8. The van der Waals surface area contributed by atoms with Crippen molar-refractivity contribution < 1.29 is 217 Å². The molecule has 50 unspecified atom stereocenters. The maximum Gasteiger partial charge on any atom is 0.335 e. The molecule has 9 saturated heterocycles. The van der Waals surface area contributed by atoms with Gasteiger partial charge in [0.15, 0.2) is 62.5 Å². The summed E-state index contributed by atoms with van der Waals surface area (Å²) >= 11 is 0. The fourth-order valence-electron chi connectivity index (χ4n) is 22.6. The second kappa shape index (κ2) is 37.3. The molecule has 44 nitrogen and oxygen atoms in total. The molecule has 9 heterocycles. The van der Waals surface area contributed by atoms with E-state index in [0.29, 0.717) is 51.4 Å². The number of carbonyl (C=O) groups excluding carboxylic acids is 2. The third-order valence-corrected chi connectivity index (χ3v) is 30.3. The number of esters is 1. The minimum Gasteiger partial charge on any atom is -0.479 e. The summed E-state index contributed by atoms with van der Waals surface area (Å²) in [5.74, 6) is -3.74. The SMILES string of the molecule is CC1OC(OC2C(C)OC(OC(=O)C34CCC(C)(C)CC3C3=CCC5C6(C)CCC(OC7OC(C(=O)O)C(OC8OC(CO)C(OC9OC(CO)C(O)C(O)C9O)C(O)C8O)C(OC8OCC(O)C(O)C8O)C7O)C(C)(C=O)C6CCC5(C)C3(C)CC4)C(OC3OCC(O)C(OC4OCC(O)C(O)C4O)C3O)C2O)C(O)C(OC2OCC(O)C(O)C2O)C1O. The molecule has 0 aromatic rings. The minimum absolute atomic E-state index is 0.0935.